The van der Waals surface area contributed by atoms with Gasteiger partial charge < -0.3 is 19.5 Å². The molecule has 3 fully saturated rings. The first-order valence-electron chi connectivity index (χ1n) is 8.83. The van der Waals surface area contributed by atoms with E-state index in [1.807, 2.05) is 17.0 Å². The van der Waals surface area contributed by atoms with Crippen LogP contribution in [0.3, 0.4) is 0 Å². The van der Waals surface area contributed by atoms with Crippen LogP contribution in [0.25, 0.3) is 0 Å². The molecule has 2 bridgehead atoms. The lowest BCUT2D eigenvalue weighted by Gasteiger charge is -2.38. The fourth-order valence-corrected chi connectivity index (χ4v) is 4.08. The van der Waals surface area contributed by atoms with Gasteiger partial charge in [0.1, 0.15) is 6.10 Å². The molecule has 3 aliphatic rings. The van der Waals surface area contributed by atoms with Crippen LogP contribution in [0.15, 0.2) is 24.5 Å². The zero-order chi connectivity index (χ0) is 16.5. The Balaban J connectivity index is 1.44. The van der Waals surface area contributed by atoms with Crippen LogP contribution in [0, 0.1) is 5.92 Å². The monoisotopic (exact) mass is 332 g/mol. The van der Waals surface area contributed by atoms with Gasteiger partial charge >= 0.3 is 0 Å². The lowest BCUT2D eigenvalue weighted by Crippen LogP contribution is -2.51. The minimum absolute atomic E-state index is 0.0296. The number of carbonyl (C=O) groups is 1. The van der Waals surface area contributed by atoms with Crippen molar-refractivity contribution in [3.63, 3.8) is 0 Å². The Morgan fingerprint density at radius 2 is 2.12 bits per heavy atom. The van der Waals surface area contributed by atoms with Gasteiger partial charge in [-0.15, -0.1) is 0 Å². The Hall–Kier alpha value is -1.50. The molecule has 130 valence electrons. The summed E-state index contributed by atoms with van der Waals surface area (Å²) in [5.74, 6) is 0.131. The first kappa shape index (κ1) is 16.0. The smallest absolute Gasteiger partial charge is 0.226 e. The molecule has 1 aliphatic heterocycles. The Bertz CT molecular complexity index is 576. The predicted molar refractivity (Wildman–Crippen MR) is 86.0 cm³/mol. The normalized spacial score (nSPS) is 35.4. The number of fused-ring (bicyclic) bond motifs is 2. The number of aliphatic hydroxyl groups excluding tert-OH is 1. The molecular formula is C18H24N2O4. The van der Waals surface area contributed by atoms with E-state index < -0.39 is 0 Å². The Labute approximate surface area is 141 Å². The van der Waals surface area contributed by atoms with Gasteiger partial charge in [0.15, 0.2) is 0 Å². The van der Waals surface area contributed by atoms with Crippen LogP contribution in [-0.4, -0.2) is 58.4 Å². The van der Waals surface area contributed by atoms with E-state index in [4.69, 9.17) is 9.47 Å². The van der Waals surface area contributed by atoms with Crippen molar-refractivity contribution in [3.8, 4) is 0 Å². The lowest BCUT2D eigenvalue weighted by molar-refractivity contribution is -0.147. The molecule has 3 atom stereocenters. The van der Waals surface area contributed by atoms with E-state index in [2.05, 4.69) is 4.98 Å². The van der Waals surface area contributed by atoms with Crippen molar-refractivity contribution in [3.05, 3.63) is 30.1 Å². The van der Waals surface area contributed by atoms with Crippen molar-refractivity contribution < 1.29 is 19.4 Å². The van der Waals surface area contributed by atoms with Crippen LogP contribution in [0.5, 0.6) is 0 Å². The molecule has 0 radical (unpaired) electrons. The molecule has 6 heteroatoms. The maximum absolute atomic E-state index is 12.8. The third-order valence-electron chi connectivity index (χ3n) is 5.49. The maximum Gasteiger partial charge on any atom is 0.226 e. The molecular weight excluding hydrogens is 308 g/mol. The summed E-state index contributed by atoms with van der Waals surface area (Å²) in [6.07, 6.45) is 6.25. The van der Waals surface area contributed by atoms with Crippen LogP contribution in [0.2, 0.25) is 0 Å². The standard InChI is InChI=1S/C18H24N2O4/c21-14-9-13(10-14)18(22)20-7-8-23-16-2-1-15(20)17(16)24-11-12-3-5-19-6-4-12/h3-6,13-17,21H,1-2,7-11H2/t13?,14?,15-,16-,17+/m0/s1. The molecule has 1 N–H and O–H groups in total. The molecule has 1 saturated heterocycles. The highest BCUT2D eigenvalue weighted by Crippen LogP contribution is 2.36. The quantitative estimate of drug-likeness (QED) is 0.895. The molecule has 24 heavy (non-hydrogen) atoms. The second-order valence-corrected chi connectivity index (χ2v) is 7.04. The summed E-state index contributed by atoms with van der Waals surface area (Å²) in [6, 6.07) is 3.97. The second-order valence-electron chi connectivity index (χ2n) is 7.04. The summed E-state index contributed by atoms with van der Waals surface area (Å²) < 4.78 is 12.1. The van der Waals surface area contributed by atoms with E-state index in [0.717, 1.165) is 18.4 Å². The van der Waals surface area contributed by atoms with Gasteiger partial charge in [0, 0.05) is 24.9 Å². The van der Waals surface area contributed by atoms with Gasteiger partial charge in [-0.3, -0.25) is 9.78 Å². The van der Waals surface area contributed by atoms with Crippen LogP contribution < -0.4 is 0 Å². The van der Waals surface area contributed by atoms with E-state index in [9.17, 15) is 9.90 Å². The molecule has 0 aromatic carbocycles. The summed E-state index contributed by atoms with van der Waals surface area (Å²) in [5, 5.41) is 9.49. The van der Waals surface area contributed by atoms with E-state index in [0.29, 0.717) is 32.6 Å². The molecule has 6 nitrogen and oxygen atoms in total. The number of aliphatic hydroxyl groups is 1. The zero-order valence-electron chi connectivity index (χ0n) is 13.7. The SMILES string of the molecule is O=C(C1CC(O)C1)N1CCO[C@H]2CC[C@H]1[C@H]2OCc1ccncc1. The average molecular weight is 332 g/mol. The van der Waals surface area contributed by atoms with Gasteiger partial charge in [0.2, 0.25) is 5.91 Å². The Morgan fingerprint density at radius 1 is 1.33 bits per heavy atom. The van der Waals surface area contributed by atoms with Crippen molar-refractivity contribution in [2.75, 3.05) is 13.2 Å². The summed E-state index contributed by atoms with van der Waals surface area (Å²) in [5.41, 5.74) is 1.08. The summed E-state index contributed by atoms with van der Waals surface area (Å²) in [7, 11) is 0. The molecule has 1 aromatic heterocycles. The largest absolute Gasteiger partial charge is 0.393 e. The third kappa shape index (κ3) is 3.06. The number of hydrogen-bond acceptors (Lipinski definition) is 5. The summed E-state index contributed by atoms with van der Waals surface area (Å²) in [4.78, 5) is 18.8. The highest BCUT2D eigenvalue weighted by Gasteiger charge is 2.47. The van der Waals surface area contributed by atoms with Crippen molar-refractivity contribution in [2.24, 2.45) is 5.92 Å². The molecule has 0 unspecified atom stereocenters. The van der Waals surface area contributed by atoms with Crippen LogP contribution in [0.4, 0.5) is 0 Å². The third-order valence-corrected chi connectivity index (χ3v) is 5.49. The van der Waals surface area contributed by atoms with Crippen molar-refractivity contribution in [1.29, 1.82) is 0 Å². The number of carbonyl (C=O) groups excluding carboxylic acids is 1. The average Bonchev–Trinajstić information content (AvgIpc) is 2.86. The van der Waals surface area contributed by atoms with Gasteiger partial charge in [-0.2, -0.15) is 0 Å². The van der Waals surface area contributed by atoms with Crippen LogP contribution in [0.1, 0.15) is 31.2 Å². The van der Waals surface area contributed by atoms with Crippen LogP contribution in [-0.2, 0) is 20.9 Å². The van der Waals surface area contributed by atoms with E-state index in [-0.39, 0.29) is 36.2 Å². The van der Waals surface area contributed by atoms with E-state index in [1.165, 1.54) is 0 Å². The zero-order valence-corrected chi connectivity index (χ0v) is 13.7. The van der Waals surface area contributed by atoms with Crippen molar-refractivity contribution in [2.45, 2.75) is 56.6 Å². The number of amides is 1. The first-order valence-corrected chi connectivity index (χ1v) is 8.83. The molecule has 2 heterocycles. The van der Waals surface area contributed by atoms with Gasteiger partial charge in [-0.25, -0.2) is 0 Å². The molecule has 2 aliphatic carbocycles. The van der Waals surface area contributed by atoms with Gasteiger partial charge in [0.05, 0.1) is 31.5 Å². The minimum atomic E-state index is -0.308. The number of rotatable bonds is 4. The van der Waals surface area contributed by atoms with Crippen molar-refractivity contribution in [1.82, 2.24) is 9.88 Å². The fraction of sp³-hybridized carbons (Fsp3) is 0.667. The lowest BCUT2D eigenvalue weighted by atomic mass is 9.81. The van der Waals surface area contributed by atoms with Gasteiger partial charge in [-0.1, -0.05) is 0 Å². The highest BCUT2D eigenvalue weighted by molar-refractivity contribution is 5.80. The number of ether oxygens (including phenoxy) is 2. The molecule has 1 amide bonds. The molecule has 1 aromatic rings. The maximum atomic E-state index is 12.8. The van der Waals surface area contributed by atoms with E-state index in [1.54, 1.807) is 12.4 Å². The summed E-state index contributed by atoms with van der Waals surface area (Å²) in [6.45, 7) is 1.70. The van der Waals surface area contributed by atoms with Gasteiger partial charge in [-0.05, 0) is 43.4 Å². The van der Waals surface area contributed by atoms with Gasteiger partial charge in [0.25, 0.3) is 0 Å². The predicted octanol–water partition coefficient (Wildman–Crippen LogP) is 1.13. The van der Waals surface area contributed by atoms with Crippen LogP contribution >= 0.6 is 0 Å². The number of nitrogens with zero attached hydrogens (tertiary/aromatic N) is 2. The molecule has 2 saturated carbocycles. The van der Waals surface area contributed by atoms with Crippen molar-refractivity contribution >= 4 is 5.91 Å². The number of aromatic nitrogens is 1. The topological polar surface area (TPSA) is 71.9 Å². The Morgan fingerprint density at radius 3 is 2.88 bits per heavy atom. The second kappa shape index (κ2) is 6.78. The molecule has 0 spiro atoms. The number of pyridine rings is 1. The number of hydrogen-bond donors (Lipinski definition) is 1. The fourth-order valence-electron chi connectivity index (χ4n) is 4.08. The highest BCUT2D eigenvalue weighted by atomic mass is 16.5. The molecule has 4 rings (SSSR count). The Kier molecular flexibility index (Phi) is 4.52. The minimum Gasteiger partial charge on any atom is -0.393 e. The summed E-state index contributed by atoms with van der Waals surface area (Å²) >= 11 is 0. The van der Waals surface area contributed by atoms with E-state index >= 15 is 0 Å². The first-order chi connectivity index (χ1) is 11.7.